The Balaban J connectivity index is 1.53. The largest absolute Gasteiger partial charge is 0.488 e. The number of para-hydroxylation sites is 2. The normalized spacial score (nSPS) is 14.7. The number of amides is 2. The Morgan fingerprint density at radius 1 is 1.00 bits per heavy atom. The smallest absolute Gasteiger partial charge is 0.293 e. The van der Waals surface area contributed by atoms with Crippen LogP contribution in [0.3, 0.4) is 0 Å². The lowest BCUT2D eigenvalue weighted by atomic mass is 10.1. The van der Waals surface area contributed by atoms with Crippen molar-refractivity contribution in [1.29, 1.82) is 0 Å². The van der Waals surface area contributed by atoms with Gasteiger partial charge in [0.05, 0.1) is 16.4 Å². The van der Waals surface area contributed by atoms with E-state index in [4.69, 9.17) is 4.74 Å². The Kier molecular flexibility index (Phi) is 6.50. The Bertz CT molecular complexity index is 1260. The number of hydrogen-bond acceptors (Lipinski definition) is 6. The van der Waals surface area contributed by atoms with Gasteiger partial charge >= 0.3 is 0 Å². The van der Waals surface area contributed by atoms with Crippen molar-refractivity contribution >= 4 is 34.7 Å². The molecular formula is C24H17FN2O5S. The van der Waals surface area contributed by atoms with Crippen LogP contribution in [-0.4, -0.2) is 21.0 Å². The van der Waals surface area contributed by atoms with Crippen LogP contribution in [0, 0.1) is 15.9 Å². The van der Waals surface area contributed by atoms with E-state index in [0.717, 1.165) is 22.2 Å². The van der Waals surface area contributed by atoms with Gasteiger partial charge in [0.2, 0.25) is 0 Å². The number of carbonyl (C=O) groups excluding carboxylic acids is 2. The summed E-state index contributed by atoms with van der Waals surface area (Å²) in [5.41, 5.74) is 1.49. The fourth-order valence-corrected chi connectivity index (χ4v) is 4.07. The average Bonchev–Trinajstić information content (AvgIpc) is 3.07. The van der Waals surface area contributed by atoms with E-state index in [-0.39, 0.29) is 35.1 Å². The molecule has 0 N–H and O–H groups in total. The van der Waals surface area contributed by atoms with Crippen molar-refractivity contribution < 1.29 is 23.6 Å². The van der Waals surface area contributed by atoms with Gasteiger partial charge in [0.1, 0.15) is 18.2 Å². The van der Waals surface area contributed by atoms with E-state index in [1.165, 1.54) is 30.3 Å². The molecule has 7 nitrogen and oxygen atoms in total. The molecule has 1 aliphatic rings. The third-order valence-corrected chi connectivity index (χ3v) is 5.81. The van der Waals surface area contributed by atoms with Crippen molar-refractivity contribution in [3.05, 3.63) is 110 Å². The van der Waals surface area contributed by atoms with Crippen molar-refractivity contribution in [1.82, 2.24) is 4.90 Å². The number of nitrogens with zero attached hydrogens (tertiary/aromatic N) is 2. The van der Waals surface area contributed by atoms with Gasteiger partial charge in [-0.05, 0) is 41.6 Å². The minimum Gasteiger partial charge on any atom is -0.488 e. The Labute approximate surface area is 192 Å². The van der Waals surface area contributed by atoms with Crippen molar-refractivity contribution in [2.75, 3.05) is 0 Å². The summed E-state index contributed by atoms with van der Waals surface area (Å²) in [7, 11) is 0. The molecule has 166 valence electrons. The highest BCUT2D eigenvalue weighted by Crippen LogP contribution is 2.35. The molecule has 0 aliphatic carbocycles. The van der Waals surface area contributed by atoms with Gasteiger partial charge < -0.3 is 4.74 Å². The first-order chi connectivity index (χ1) is 15.9. The number of imide groups is 1. The zero-order valence-corrected chi connectivity index (χ0v) is 18.0. The Morgan fingerprint density at radius 2 is 1.70 bits per heavy atom. The molecule has 2 amide bonds. The predicted octanol–water partition coefficient (Wildman–Crippen LogP) is 5.55. The maximum Gasteiger partial charge on any atom is 0.293 e. The minimum absolute atomic E-state index is 0.153. The quantitative estimate of drug-likeness (QED) is 0.259. The van der Waals surface area contributed by atoms with E-state index in [9.17, 15) is 24.1 Å². The predicted molar refractivity (Wildman–Crippen MR) is 122 cm³/mol. The van der Waals surface area contributed by atoms with E-state index >= 15 is 0 Å². The number of carbonyl (C=O) groups is 2. The maximum absolute atomic E-state index is 13.1. The van der Waals surface area contributed by atoms with Gasteiger partial charge in [-0.3, -0.25) is 24.6 Å². The van der Waals surface area contributed by atoms with Crippen LogP contribution in [0.5, 0.6) is 5.75 Å². The summed E-state index contributed by atoms with van der Waals surface area (Å²) in [6.07, 6.45) is 1.56. The fraction of sp³-hybridized carbons (Fsp3) is 0.0833. The monoisotopic (exact) mass is 464 g/mol. The number of rotatable bonds is 7. The molecule has 0 bridgehead atoms. The summed E-state index contributed by atoms with van der Waals surface area (Å²) in [6, 6.07) is 18.9. The van der Waals surface area contributed by atoms with Crippen LogP contribution in [0.15, 0.2) is 77.7 Å². The highest BCUT2D eigenvalue weighted by molar-refractivity contribution is 8.18. The fourth-order valence-electron chi connectivity index (χ4n) is 3.24. The van der Waals surface area contributed by atoms with Gasteiger partial charge in [-0.1, -0.05) is 48.5 Å². The molecule has 0 spiro atoms. The molecule has 3 aromatic carbocycles. The number of thioether (sulfide) groups is 1. The zero-order chi connectivity index (χ0) is 23.4. The van der Waals surface area contributed by atoms with E-state index in [1.54, 1.807) is 48.5 Å². The van der Waals surface area contributed by atoms with Crippen molar-refractivity contribution in [2.45, 2.75) is 13.2 Å². The molecule has 9 heteroatoms. The standard InChI is InChI=1S/C24H17FN2O5S/c25-19-11-9-16(10-12-19)15-32-21-8-4-2-5-17(21)13-22-23(28)26(24(29)33-22)14-18-6-1-3-7-20(18)27(30)31/h1-13H,14-15H2. The van der Waals surface area contributed by atoms with Crippen molar-refractivity contribution in [2.24, 2.45) is 0 Å². The average molecular weight is 464 g/mol. The van der Waals surface area contributed by atoms with E-state index < -0.39 is 16.1 Å². The summed E-state index contributed by atoms with van der Waals surface area (Å²) in [5, 5.41) is 10.7. The third kappa shape index (κ3) is 5.09. The Hall–Kier alpha value is -3.98. The molecule has 0 radical (unpaired) electrons. The van der Waals surface area contributed by atoms with Crippen LogP contribution < -0.4 is 4.74 Å². The molecule has 3 aromatic rings. The lowest BCUT2D eigenvalue weighted by molar-refractivity contribution is -0.385. The van der Waals surface area contributed by atoms with Gasteiger partial charge in [0.15, 0.2) is 0 Å². The number of nitro benzene ring substituents is 1. The first kappa shape index (κ1) is 22.2. The molecule has 0 saturated carbocycles. The van der Waals surface area contributed by atoms with Crippen LogP contribution in [0.1, 0.15) is 16.7 Å². The summed E-state index contributed by atoms with van der Waals surface area (Å²) in [4.78, 5) is 37.3. The van der Waals surface area contributed by atoms with Gasteiger partial charge in [-0.25, -0.2) is 4.39 Å². The maximum atomic E-state index is 13.1. The van der Waals surface area contributed by atoms with Crippen molar-refractivity contribution in [3.8, 4) is 5.75 Å². The van der Waals surface area contributed by atoms with E-state index in [0.29, 0.717) is 11.3 Å². The number of halogens is 1. The topological polar surface area (TPSA) is 89.8 Å². The van der Waals surface area contributed by atoms with Crippen molar-refractivity contribution in [3.63, 3.8) is 0 Å². The van der Waals surface area contributed by atoms with Gasteiger partial charge in [0, 0.05) is 17.2 Å². The second kappa shape index (κ2) is 9.66. The minimum atomic E-state index is -0.543. The van der Waals surface area contributed by atoms with Gasteiger partial charge in [-0.2, -0.15) is 0 Å². The van der Waals surface area contributed by atoms with Gasteiger partial charge in [0.25, 0.3) is 16.8 Å². The van der Waals surface area contributed by atoms with Crippen LogP contribution in [0.25, 0.3) is 6.08 Å². The molecular weight excluding hydrogens is 447 g/mol. The molecule has 33 heavy (non-hydrogen) atoms. The first-order valence-corrected chi connectivity index (χ1v) is 10.7. The summed E-state index contributed by atoms with van der Waals surface area (Å²) in [5.74, 6) is -0.375. The SMILES string of the molecule is O=C1SC(=Cc2ccccc2OCc2ccc(F)cc2)C(=O)N1Cc1ccccc1[N+](=O)[O-]. The molecule has 1 fully saturated rings. The van der Waals surface area contributed by atoms with Crippen LogP contribution in [0.2, 0.25) is 0 Å². The highest BCUT2D eigenvalue weighted by Gasteiger charge is 2.36. The van der Waals surface area contributed by atoms with Crippen LogP contribution >= 0.6 is 11.8 Å². The highest BCUT2D eigenvalue weighted by atomic mass is 32.2. The lowest BCUT2D eigenvalue weighted by Crippen LogP contribution is -2.27. The van der Waals surface area contributed by atoms with E-state index in [2.05, 4.69) is 0 Å². The second-order valence-corrected chi connectivity index (χ2v) is 8.10. The van der Waals surface area contributed by atoms with Crippen LogP contribution in [-0.2, 0) is 17.9 Å². The molecule has 4 rings (SSSR count). The number of nitro groups is 1. The molecule has 0 aromatic heterocycles. The van der Waals surface area contributed by atoms with E-state index in [1.807, 2.05) is 0 Å². The van der Waals surface area contributed by atoms with Crippen LogP contribution in [0.4, 0.5) is 14.9 Å². The molecule has 0 unspecified atom stereocenters. The molecule has 1 heterocycles. The summed E-state index contributed by atoms with van der Waals surface area (Å²) >= 11 is 0.766. The first-order valence-electron chi connectivity index (χ1n) is 9.86. The third-order valence-electron chi connectivity index (χ3n) is 4.90. The molecule has 1 saturated heterocycles. The molecule has 0 atom stereocenters. The summed E-state index contributed by atoms with van der Waals surface area (Å²) < 4.78 is 18.9. The molecule has 1 aliphatic heterocycles. The number of benzene rings is 3. The second-order valence-electron chi connectivity index (χ2n) is 7.11. The Morgan fingerprint density at radius 3 is 2.45 bits per heavy atom. The number of hydrogen-bond donors (Lipinski definition) is 0. The van der Waals surface area contributed by atoms with Gasteiger partial charge in [-0.15, -0.1) is 0 Å². The zero-order valence-electron chi connectivity index (χ0n) is 17.1. The number of ether oxygens (including phenoxy) is 1. The lowest BCUT2D eigenvalue weighted by Gasteiger charge is -2.12. The summed E-state index contributed by atoms with van der Waals surface area (Å²) in [6.45, 7) is 0.00611.